The van der Waals surface area contributed by atoms with E-state index < -0.39 is 0 Å². The molecule has 1 aromatic carbocycles. The van der Waals surface area contributed by atoms with Crippen molar-refractivity contribution in [1.29, 1.82) is 0 Å². The maximum atomic E-state index is 11.9. The molecular formula is C15H13NO3. The molecule has 0 bridgehead atoms. The van der Waals surface area contributed by atoms with Gasteiger partial charge in [0.1, 0.15) is 11.8 Å². The van der Waals surface area contributed by atoms with Crippen molar-refractivity contribution in [3.05, 3.63) is 45.8 Å². The Kier molecular flexibility index (Phi) is 4.11. The lowest BCUT2D eigenvalue weighted by Crippen LogP contribution is -2.07. The molecule has 1 aromatic heterocycles. The average Bonchev–Trinajstić information content (AvgIpc) is 2.44. The van der Waals surface area contributed by atoms with Gasteiger partial charge in [0.25, 0.3) is 0 Å². The minimum atomic E-state index is -0.324. The summed E-state index contributed by atoms with van der Waals surface area (Å²) in [7, 11) is 1.86. The first-order valence-corrected chi connectivity index (χ1v) is 5.90. The van der Waals surface area contributed by atoms with Gasteiger partial charge in [0, 0.05) is 18.5 Å². The van der Waals surface area contributed by atoms with Gasteiger partial charge in [-0.25, -0.2) is 0 Å². The van der Waals surface area contributed by atoms with Gasteiger partial charge < -0.3 is 9.73 Å². The molecule has 2 aromatic rings. The fraction of sp³-hybridized carbons (Fsp3) is 0.200. The first-order valence-electron chi connectivity index (χ1n) is 5.90. The molecule has 0 saturated heterocycles. The van der Waals surface area contributed by atoms with Crippen molar-refractivity contribution < 1.29 is 9.21 Å². The van der Waals surface area contributed by atoms with Gasteiger partial charge in [0.05, 0.1) is 10.9 Å². The number of fused-ring (bicyclic) bond motifs is 1. The van der Waals surface area contributed by atoms with Crippen LogP contribution in [0.2, 0.25) is 0 Å². The Morgan fingerprint density at radius 3 is 3.00 bits per heavy atom. The van der Waals surface area contributed by atoms with Crippen LogP contribution in [-0.4, -0.2) is 19.9 Å². The molecule has 4 heteroatoms. The molecule has 0 spiro atoms. The predicted octanol–water partition coefficient (Wildman–Crippen LogP) is 1.57. The molecule has 0 saturated carbocycles. The van der Waals surface area contributed by atoms with Crippen LogP contribution in [0.4, 0.5) is 0 Å². The Balaban J connectivity index is 2.43. The second-order valence-electron chi connectivity index (χ2n) is 4.00. The minimum Gasteiger partial charge on any atom is -0.463 e. The molecule has 4 nitrogen and oxygen atoms in total. The first kappa shape index (κ1) is 13.1. The van der Waals surface area contributed by atoms with E-state index in [0.717, 1.165) is 18.5 Å². The van der Waals surface area contributed by atoms with Crippen LogP contribution >= 0.6 is 0 Å². The third-order valence-corrected chi connectivity index (χ3v) is 2.66. The topological polar surface area (TPSA) is 59.3 Å². The minimum absolute atomic E-state index is 0.0211. The highest BCUT2D eigenvalue weighted by atomic mass is 16.3. The summed E-state index contributed by atoms with van der Waals surface area (Å²) in [5.41, 5.74) is 0.887. The van der Waals surface area contributed by atoms with Gasteiger partial charge in [-0.15, -0.1) is 0 Å². The van der Waals surface area contributed by atoms with Crippen molar-refractivity contribution in [2.75, 3.05) is 13.6 Å². The zero-order valence-electron chi connectivity index (χ0n) is 10.5. The summed E-state index contributed by atoms with van der Waals surface area (Å²) in [6.45, 7) is 0.817. The predicted molar refractivity (Wildman–Crippen MR) is 73.3 cm³/mol. The van der Waals surface area contributed by atoms with Gasteiger partial charge in [0.2, 0.25) is 5.43 Å². The van der Waals surface area contributed by atoms with Crippen molar-refractivity contribution >= 4 is 17.3 Å². The monoisotopic (exact) mass is 255 g/mol. The van der Waals surface area contributed by atoms with Gasteiger partial charge in [-0.05, 0) is 25.2 Å². The molecule has 1 heterocycles. The van der Waals surface area contributed by atoms with E-state index >= 15 is 0 Å². The lowest BCUT2D eigenvalue weighted by Gasteiger charge is -1.98. The molecule has 0 aliphatic rings. The average molecular weight is 255 g/mol. The number of hydrogen-bond acceptors (Lipinski definition) is 4. The molecule has 96 valence electrons. The summed E-state index contributed by atoms with van der Waals surface area (Å²) in [6, 6.07) is 5.13. The van der Waals surface area contributed by atoms with E-state index in [-0.39, 0.29) is 11.0 Å². The molecule has 0 radical (unpaired) electrons. The van der Waals surface area contributed by atoms with Crippen LogP contribution in [0.25, 0.3) is 11.0 Å². The van der Waals surface area contributed by atoms with Crippen molar-refractivity contribution in [2.45, 2.75) is 6.42 Å². The Labute approximate surface area is 110 Å². The Morgan fingerprint density at radius 1 is 1.42 bits per heavy atom. The number of carbonyl (C=O) groups is 1. The zero-order chi connectivity index (χ0) is 13.7. The van der Waals surface area contributed by atoms with Crippen molar-refractivity contribution in [2.24, 2.45) is 0 Å². The quantitative estimate of drug-likeness (QED) is 0.514. The normalized spacial score (nSPS) is 9.95. The highest BCUT2D eigenvalue weighted by molar-refractivity contribution is 5.84. The van der Waals surface area contributed by atoms with Crippen LogP contribution in [0.15, 0.2) is 33.7 Å². The number of benzene rings is 1. The Bertz CT molecular complexity index is 719. The first-order chi connectivity index (χ1) is 9.26. The lowest BCUT2D eigenvalue weighted by molar-refractivity contribution is 0.112. The number of nitrogens with one attached hydrogen (secondary N) is 1. The summed E-state index contributed by atoms with van der Waals surface area (Å²) in [4.78, 5) is 22.6. The van der Waals surface area contributed by atoms with E-state index in [0.29, 0.717) is 17.3 Å². The summed E-state index contributed by atoms with van der Waals surface area (Å²) < 4.78 is 5.22. The number of carbonyl (C=O) groups excluding carboxylic acids is 1. The molecule has 0 fully saturated rings. The van der Waals surface area contributed by atoms with Crippen molar-refractivity contribution in [3.63, 3.8) is 0 Å². The summed E-state index contributed by atoms with van der Waals surface area (Å²) in [6.07, 6.45) is 2.41. The highest BCUT2D eigenvalue weighted by Crippen LogP contribution is 2.12. The lowest BCUT2D eigenvalue weighted by atomic mass is 10.1. The van der Waals surface area contributed by atoms with Gasteiger partial charge in [-0.2, -0.15) is 0 Å². The van der Waals surface area contributed by atoms with Gasteiger partial charge in [-0.3, -0.25) is 9.59 Å². The molecule has 0 unspecified atom stereocenters. The number of aldehydes is 1. The molecule has 0 aliphatic carbocycles. The SMILES string of the molecule is CNCCC#Cc1ccc2occ(C=O)c(=O)c2c1. The van der Waals surface area contributed by atoms with Crippen LogP contribution in [0.1, 0.15) is 22.3 Å². The maximum absolute atomic E-state index is 11.9. The Morgan fingerprint density at radius 2 is 2.26 bits per heavy atom. The third-order valence-electron chi connectivity index (χ3n) is 2.66. The fourth-order valence-electron chi connectivity index (χ4n) is 1.66. The van der Waals surface area contributed by atoms with Crippen LogP contribution in [0.5, 0.6) is 0 Å². The largest absolute Gasteiger partial charge is 0.463 e. The Hall–Kier alpha value is -2.38. The maximum Gasteiger partial charge on any atom is 0.203 e. The zero-order valence-corrected chi connectivity index (χ0v) is 10.5. The van der Waals surface area contributed by atoms with Crippen LogP contribution in [0.3, 0.4) is 0 Å². The molecular weight excluding hydrogens is 242 g/mol. The van der Waals surface area contributed by atoms with Gasteiger partial charge in [0.15, 0.2) is 6.29 Å². The van der Waals surface area contributed by atoms with Crippen molar-refractivity contribution in [3.8, 4) is 11.8 Å². The standard InChI is InChI=1S/C15H13NO3/c1-16-7-3-2-4-11-5-6-14-13(8-11)15(18)12(9-17)10-19-14/h5-6,8-10,16H,3,7H2,1H3. The third kappa shape index (κ3) is 2.90. The fourth-order valence-corrected chi connectivity index (χ4v) is 1.66. The summed E-state index contributed by atoms with van der Waals surface area (Å²) >= 11 is 0. The number of rotatable bonds is 3. The highest BCUT2D eigenvalue weighted by Gasteiger charge is 2.06. The van der Waals surface area contributed by atoms with Crippen LogP contribution < -0.4 is 10.7 Å². The van der Waals surface area contributed by atoms with E-state index in [9.17, 15) is 9.59 Å². The molecule has 0 aliphatic heterocycles. The van der Waals surface area contributed by atoms with Gasteiger partial charge in [-0.1, -0.05) is 11.8 Å². The van der Waals surface area contributed by atoms with E-state index in [2.05, 4.69) is 17.2 Å². The molecule has 1 N–H and O–H groups in total. The molecule has 2 rings (SSSR count). The second kappa shape index (κ2) is 5.98. The number of hydrogen-bond donors (Lipinski definition) is 1. The van der Waals surface area contributed by atoms with E-state index in [1.54, 1.807) is 18.2 Å². The van der Waals surface area contributed by atoms with Crippen molar-refractivity contribution in [1.82, 2.24) is 5.32 Å². The summed E-state index contributed by atoms with van der Waals surface area (Å²) in [5, 5.41) is 3.38. The van der Waals surface area contributed by atoms with E-state index in [1.165, 1.54) is 6.26 Å². The van der Waals surface area contributed by atoms with Crippen LogP contribution in [-0.2, 0) is 0 Å². The van der Waals surface area contributed by atoms with E-state index in [4.69, 9.17) is 4.42 Å². The van der Waals surface area contributed by atoms with Crippen LogP contribution in [0, 0.1) is 11.8 Å². The summed E-state index contributed by atoms with van der Waals surface area (Å²) in [5.74, 6) is 5.98. The smallest absolute Gasteiger partial charge is 0.203 e. The second-order valence-corrected chi connectivity index (χ2v) is 4.00. The van der Waals surface area contributed by atoms with Gasteiger partial charge >= 0.3 is 0 Å². The van der Waals surface area contributed by atoms with E-state index in [1.807, 2.05) is 7.05 Å². The molecule has 19 heavy (non-hydrogen) atoms. The molecule has 0 amide bonds. The molecule has 0 atom stereocenters.